The summed E-state index contributed by atoms with van der Waals surface area (Å²) in [6, 6.07) is 23.4. The molecule has 1 aromatic heterocycles. The van der Waals surface area contributed by atoms with Crippen LogP contribution in [-0.4, -0.2) is 10.8 Å². The van der Waals surface area contributed by atoms with Gasteiger partial charge in [0, 0.05) is 30.0 Å². The minimum Gasteiger partial charge on any atom is -0.361 e. The fraction of sp³-hybridized carbons (Fsp3) is 0.0909. The molecule has 2 aromatic carbocycles. The Balaban J connectivity index is 1.70. The van der Waals surface area contributed by atoms with Crippen LogP contribution >= 0.6 is 0 Å². The summed E-state index contributed by atoms with van der Waals surface area (Å²) in [5.41, 5.74) is 3.58. The highest BCUT2D eigenvalue weighted by atomic mass is 16.1. The minimum atomic E-state index is -0.00717. The van der Waals surface area contributed by atoms with Crippen LogP contribution in [0.15, 0.2) is 90.8 Å². The summed E-state index contributed by atoms with van der Waals surface area (Å²) in [7, 11) is 0. The van der Waals surface area contributed by atoms with E-state index in [1.54, 1.807) is 12.3 Å². The van der Waals surface area contributed by atoms with E-state index < -0.39 is 0 Å². The number of hydrogen-bond acceptors (Lipinski definition) is 4. The number of ketones is 1. The Labute approximate surface area is 152 Å². The average molecular weight is 341 g/mol. The molecule has 4 nitrogen and oxygen atoms in total. The summed E-state index contributed by atoms with van der Waals surface area (Å²) >= 11 is 0. The zero-order valence-corrected chi connectivity index (χ0v) is 14.2. The van der Waals surface area contributed by atoms with Crippen molar-refractivity contribution in [2.24, 2.45) is 0 Å². The van der Waals surface area contributed by atoms with Crippen molar-refractivity contribution < 1.29 is 4.79 Å². The summed E-state index contributed by atoms with van der Waals surface area (Å²) in [4.78, 5) is 17.1. The molecule has 0 fully saturated rings. The van der Waals surface area contributed by atoms with Gasteiger partial charge in [-0.1, -0.05) is 60.7 Å². The number of allylic oxidation sites excluding steroid dienone is 1. The van der Waals surface area contributed by atoms with E-state index in [1.807, 2.05) is 60.7 Å². The van der Waals surface area contributed by atoms with Gasteiger partial charge in [0.15, 0.2) is 5.78 Å². The van der Waals surface area contributed by atoms with Crippen LogP contribution in [0.1, 0.15) is 28.4 Å². The molecule has 1 aliphatic rings. The van der Waals surface area contributed by atoms with Gasteiger partial charge < -0.3 is 10.6 Å². The van der Waals surface area contributed by atoms with Crippen LogP contribution in [0.2, 0.25) is 0 Å². The second-order valence-electron chi connectivity index (χ2n) is 6.24. The maximum atomic E-state index is 12.6. The molecular weight excluding hydrogens is 322 g/mol. The Morgan fingerprint density at radius 2 is 1.69 bits per heavy atom. The lowest BCUT2D eigenvalue weighted by atomic mass is 10.0. The summed E-state index contributed by atoms with van der Waals surface area (Å²) < 4.78 is 0. The SMILES string of the molecule is O=C(/C=C1\CC(c2ccccc2)Nc2ncccc2N1)c1ccccc1. The van der Waals surface area contributed by atoms with Gasteiger partial charge >= 0.3 is 0 Å². The van der Waals surface area contributed by atoms with Crippen LogP contribution in [0, 0.1) is 0 Å². The second-order valence-corrected chi connectivity index (χ2v) is 6.24. The molecule has 0 radical (unpaired) electrons. The quantitative estimate of drug-likeness (QED) is 0.530. The van der Waals surface area contributed by atoms with Crippen molar-refractivity contribution in [3.8, 4) is 0 Å². The number of carbonyl (C=O) groups is 1. The number of rotatable bonds is 3. The maximum absolute atomic E-state index is 12.6. The number of aromatic nitrogens is 1. The molecule has 0 amide bonds. The van der Waals surface area contributed by atoms with E-state index in [9.17, 15) is 4.79 Å². The monoisotopic (exact) mass is 341 g/mol. The standard InChI is InChI=1S/C22H19N3O/c26-21(17-10-5-2-6-11-17)15-18-14-20(16-8-3-1-4-9-16)25-22-19(24-18)12-7-13-23-22/h1-13,15,20,24H,14H2,(H,23,25)/b18-15+. The zero-order chi connectivity index (χ0) is 17.8. The number of hydrogen-bond donors (Lipinski definition) is 2. The largest absolute Gasteiger partial charge is 0.361 e. The molecule has 4 rings (SSSR count). The smallest absolute Gasteiger partial charge is 0.187 e. The fourth-order valence-corrected chi connectivity index (χ4v) is 3.11. The Morgan fingerprint density at radius 3 is 2.46 bits per heavy atom. The van der Waals surface area contributed by atoms with Gasteiger partial charge in [-0.25, -0.2) is 4.98 Å². The van der Waals surface area contributed by atoms with Crippen LogP contribution < -0.4 is 10.6 Å². The predicted molar refractivity (Wildman–Crippen MR) is 104 cm³/mol. The molecular formula is C22H19N3O. The minimum absolute atomic E-state index is 0.00717. The van der Waals surface area contributed by atoms with Crippen molar-refractivity contribution in [2.45, 2.75) is 12.5 Å². The van der Waals surface area contributed by atoms with Crippen molar-refractivity contribution in [1.29, 1.82) is 0 Å². The first-order chi connectivity index (χ1) is 12.8. The molecule has 0 spiro atoms. The van der Waals surface area contributed by atoms with Gasteiger partial charge in [-0.3, -0.25) is 4.79 Å². The van der Waals surface area contributed by atoms with Gasteiger partial charge in [0.25, 0.3) is 0 Å². The van der Waals surface area contributed by atoms with Crippen molar-refractivity contribution in [2.75, 3.05) is 10.6 Å². The number of benzene rings is 2. The molecule has 1 unspecified atom stereocenters. The van der Waals surface area contributed by atoms with Crippen LogP contribution in [0.3, 0.4) is 0 Å². The van der Waals surface area contributed by atoms with Gasteiger partial charge in [0.2, 0.25) is 0 Å². The Bertz CT molecular complexity index is 936. The molecule has 0 bridgehead atoms. The number of fused-ring (bicyclic) bond motifs is 1. The fourth-order valence-electron chi connectivity index (χ4n) is 3.11. The third kappa shape index (κ3) is 3.49. The summed E-state index contributed by atoms with van der Waals surface area (Å²) in [5, 5.41) is 6.87. The molecule has 128 valence electrons. The first kappa shape index (κ1) is 16.1. The molecule has 0 aliphatic carbocycles. The highest BCUT2D eigenvalue weighted by Gasteiger charge is 2.21. The van der Waals surface area contributed by atoms with Crippen molar-refractivity contribution in [3.63, 3.8) is 0 Å². The van der Waals surface area contributed by atoms with E-state index in [0.29, 0.717) is 12.0 Å². The van der Waals surface area contributed by atoms with E-state index in [2.05, 4.69) is 27.8 Å². The topological polar surface area (TPSA) is 54.0 Å². The van der Waals surface area contributed by atoms with E-state index in [0.717, 1.165) is 22.8 Å². The van der Waals surface area contributed by atoms with Crippen molar-refractivity contribution in [3.05, 3.63) is 102 Å². The zero-order valence-electron chi connectivity index (χ0n) is 14.2. The molecule has 3 aromatic rings. The number of nitrogens with zero attached hydrogens (tertiary/aromatic N) is 1. The Kier molecular flexibility index (Phi) is 4.48. The highest BCUT2D eigenvalue weighted by molar-refractivity contribution is 6.05. The normalized spacial score (nSPS) is 17.5. The molecule has 1 aliphatic heterocycles. The van der Waals surface area contributed by atoms with Crippen LogP contribution in [-0.2, 0) is 0 Å². The van der Waals surface area contributed by atoms with Crippen molar-refractivity contribution >= 4 is 17.3 Å². The number of nitrogens with one attached hydrogen (secondary N) is 2. The second kappa shape index (κ2) is 7.23. The van der Waals surface area contributed by atoms with Crippen LogP contribution in [0.5, 0.6) is 0 Å². The highest BCUT2D eigenvalue weighted by Crippen LogP contribution is 2.33. The van der Waals surface area contributed by atoms with E-state index in [1.165, 1.54) is 0 Å². The predicted octanol–water partition coefficient (Wildman–Crippen LogP) is 4.82. The summed E-state index contributed by atoms with van der Waals surface area (Å²) in [6.07, 6.45) is 4.12. The maximum Gasteiger partial charge on any atom is 0.187 e. The third-order valence-corrected chi connectivity index (χ3v) is 4.40. The van der Waals surface area contributed by atoms with Crippen molar-refractivity contribution in [1.82, 2.24) is 4.98 Å². The van der Waals surface area contributed by atoms with Gasteiger partial charge in [0.1, 0.15) is 5.82 Å². The number of anilines is 2. The number of pyridine rings is 1. The molecule has 2 N–H and O–H groups in total. The van der Waals surface area contributed by atoms with E-state index in [4.69, 9.17) is 0 Å². The number of carbonyl (C=O) groups excluding carboxylic acids is 1. The molecule has 4 heteroatoms. The van der Waals surface area contributed by atoms with Gasteiger partial charge in [-0.15, -0.1) is 0 Å². The van der Waals surface area contributed by atoms with Crippen LogP contribution in [0.25, 0.3) is 0 Å². The first-order valence-electron chi connectivity index (χ1n) is 8.63. The first-order valence-corrected chi connectivity index (χ1v) is 8.63. The third-order valence-electron chi connectivity index (χ3n) is 4.40. The lowest BCUT2D eigenvalue weighted by molar-refractivity contribution is 0.104. The van der Waals surface area contributed by atoms with Gasteiger partial charge in [0.05, 0.1) is 11.7 Å². The molecule has 1 atom stereocenters. The summed E-state index contributed by atoms with van der Waals surface area (Å²) in [6.45, 7) is 0. The lowest BCUT2D eigenvalue weighted by Crippen LogP contribution is -2.11. The van der Waals surface area contributed by atoms with Gasteiger partial charge in [-0.2, -0.15) is 0 Å². The van der Waals surface area contributed by atoms with E-state index >= 15 is 0 Å². The Morgan fingerprint density at radius 1 is 0.962 bits per heavy atom. The molecule has 2 heterocycles. The molecule has 0 saturated heterocycles. The molecule has 0 saturated carbocycles. The lowest BCUT2D eigenvalue weighted by Gasteiger charge is -2.17. The summed E-state index contributed by atoms with van der Waals surface area (Å²) in [5.74, 6) is 0.782. The molecule has 26 heavy (non-hydrogen) atoms. The van der Waals surface area contributed by atoms with Gasteiger partial charge in [-0.05, 0) is 17.7 Å². The van der Waals surface area contributed by atoms with E-state index in [-0.39, 0.29) is 11.8 Å². The average Bonchev–Trinajstić information content (AvgIpc) is 2.88. The van der Waals surface area contributed by atoms with Crippen LogP contribution in [0.4, 0.5) is 11.5 Å². The Hall–Kier alpha value is -3.40.